The van der Waals surface area contributed by atoms with Crippen molar-refractivity contribution in [3.05, 3.63) is 23.8 Å². The SMILES string of the molecule is CC(=O)N1CCC[C@H]1C(=O)Nc1cccc(OC2CCCC2)c1C. The molecular formula is C19H26N2O3. The molecule has 0 bridgehead atoms. The summed E-state index contributed by atoms with van der Waals surface area (Å²) < 4.78 is 6.10. The molecule has 1 saturated heterocycles. The van der Waals surface area contributed by atoms with Crippen LogP contribution in [-0.2, 0) is 9.59 Å². The molecule has 0 radical (unpaired) electrons. The summed E-state index contributed by atoms with van der Waals surface area (Å²) in [6, 6.07) is 5.40. The van der Waals surface area contributed by atoms with E-state index >= 15 is 0 Å². The van der Waals surface area contributed by atoms with E-state index in [-0.39, 0.29) is 24.0 Å². The molecule has 130 valence electrons. The number of likely N-dealkylation sites (tertiary alicyclic amines) is 1. The molecule has 2 fully saturated rings. The molecule has 1 aromatic carbocycles. The van der Waals surface area contributed by atoms with Gasteiger partial charge in [-0.2, -0.15) is 0 Å². The number of benzene rings is 1. The zero-order chi connectivity index (χ0) is 17.1. The van der Waals surface area contributed by atoms with Crippen molar-refractivity contribution in [2.75, 3.05) is 11.9 Å². The third kappa shape index (κ3) is 3.55. The van der Waals surface area contributed by atoms with Gasteiger partial charge in [0.25, 0.3) is 0 Å². The number of anilines is 1. The predicted octanol–water partition coefficient (Wildman–Crippen LogP) is 3.27. The van der Waals surface area contributed by atoms with Crippen LogP contribution in [0, 0.1) is 6.92 Å². The first-order valence-corrected chi connectivity index (χ1v) is 8.90. The number of hydrogen-bond donors (Lipinski definition) is 1. The Kier molecular flexibility index (Phi) is 5.07. The van der Waals surface area contributed by atoms with E-state index < -0.39 is 0 Å². The van der Waals surface area contributed by atoms with Crippen LogP contribution < -0.4 is 10.1 Å². The Balaban J connectivity index is 1.70. The van der Waals surface area contributed by atoms with Crippen molar-refractivity contribution in [1.29, 1.82) is 0 Å². The van der Waals surface area contributed by atoms with Crippen LogP contribution in [-0.4, -0.2) is 35.4 Å². The fraction of sp³-hybridized carbons (Fsp3) is 0.579. The number of rotatable bonds is 4. The summed E-state index contributed by atoms with van der Waals surface area (Å²) >= 11 is 0. The van der Waals surface area contributed by atoms with Crippen LogP contribution in [0.25, 0.3) is 0 Å². The first-order valence-electron chi connectivity index (χ1n) is 8.90. The molecule has 0 unspecified atom stereocenters. The number of carbonyl (C=O) groups excluding carboxylic acids is 2. The summed E-state index contributed by atoms with van der Waals surface area (Å²) in [5.74, 6) is 0.695. The van der Waals surface area contributed by atoms with E-state index in [2.05, 4.69) is 5.32 Å². The summed E-state index contributed by atoms with van der Waals surface area (Å²) in [4.78, 5) is 25.9. The number of hydrogen-bond acceptors (Lipinski definition) is 3. The lowest BCUT2D eigenvalue weighted by atomic mass is 10.1. The van der Waals surface area contributed by atoms with E-state index in [0.29, 0.717) is 6.54 Å². The minimum Gasteiger partial charge on any atom is -0.490 e. The highest BCUT2D eigenvalue weighted by Crippen LogP contribution is 2.30. The fourth-order valence-electron chi connectivity index (χ4n) is 3.70. The lowest BCUT2D eigenvalue weighted by Gasteiger charge is -2.23. The molecule has 0 spiro atoms. The monoisotopic (exact) mass is 330 g/mol. The maximum atomic E-state index is 12.6. The first-order chi connectivity index (χ1) is 11.6. The van der Waals surface area contributed by atoms with E-state index in [4.69, 9.17) is 4.74 Å². The Hall–Kier alpha value is -2.04. The number of amides is 2. The molecule has 1 saturated carbocycles. The van der Waals surface area contributed by atoms with Gasteiger partial charge in [0.15, 0.2) is 0 Å². The van der Waals surface area contributed by atoms with Crippen molar-refractivity contribution in [3.63, 3.8) is 0 Å². The van der Waals surface area contributed by atoms with Gasteiger partial charge in [-0.15, -0.1) is 0 Å². The molecule has 2 aliphatic rings. The zero-order valence-corrected chi connectivity index (χ0v) is 14.5. The van der Waals surface area contributed by atoms with Gasteiger partial charge in [-0.3, -0.25) is 9.59 Å². The molecule has 3 rings (SSSR count). The highest BCUT2D eigenvalue weighted by Gasteiger charge is 2.32. The lowest BCUT2D eigenvalue weighted by Crippen LogP contribution is -2.42. The third-order valence-corrected chi connectivity index (χ3v) is 5.10. The molecular weight excluding hydrogens is 304 g/mol. The molecule has 1 aliphatic carbocycles. The van der Waals surface area contributed by atoms with Crippen LogP contribution in [0.4, 0.5) is 5.69 Å². The van der Waals surface area contributed by atoms with Crippen LogP contribution >= 0.6 is 0 Å². The average Bonchev–Trinajstić information content (AvgIpc) is 3.22. The molecule has 5 nitrogen and oxygen atoms in total. The van der Waals surface area contributed by atoms with Gasteiger partial charge in [0.05, 0.1) is 6.10 Å². The first kappa shape index (κ1) is 16.8. The Morgan fingerprint density at radius 3 is 2.62 bits per heavy atom. The number of ether oxygens (including phenoxy) is 1. The topological polar surface area (TPSA) is 58.6 Å². The maximum Gasteiger partial charge on any atom is 0.247 e. The summed E-state index contributed by atoms with van der Waals surface area (Å²) in [6.07, 6.45) is 6.55. The second-order valence-corrected chi connectivity index (χ2v) is 6.81. The summed E-state index contributed by atoms with van der Waals surface area (Å²) in [5, 5.41) is 2.99. The van der Waals surface area contributed by atoms with Crippen LogP contribution in [0.1, 0.15) is 51.0 Å². The van der Waals surface area contributed by atoms with Gasteiger partial charge in [-0.05, 0) is 57.6 Å². The molecule has 0 aromatic heterocycles. The lowest BCUT2D eigenvalue weighted by molar-refractivity contribution is -0.134. The average molecular weight is 330 g/mol. The Morgan fingerprint density at radius 1 is 1.17 bits per heavy atom. The zero-order valence-electron chi connectivity index (χ0n) is 14.5. The Morgan fingerprint density at radius 2 is 1.92 bits per heavy atom. The normalized spacial score (nSPS) is 21.1. The molecule has 1 aromatic rings. The van der Waals surface area contributed by atoms with Gasteiger partial charge in [0.1, 0.15) is 11.8 Å². The molecule has 1 aliphatic heterocycles. The van der Waals surface area contributed by atoms with E-state index in [9.17, 15) is 9.59 Å². The Bertz CT molecular complexity index is 623. The van der Waals surface area contributed by atoms with Crippen LogP contribution in [0.2, 0.25) is 0 Å². The molecule has 1 N–H and O–H groups in total. The van der Waals surface area contributed by atoms with E-state index in [0.717, 1.165) is 42.7 Å². The van der Waals surface area contributed by atoms with Gasteiger partial charge in [-0.1, -0.05) is 6.07 Å². The van der Waals surface area contributed by atoms with Crippen molar-refractivity contribution < 1.29 is 14.3 Å². The van der Waals surface area contributed by atoms with Crippen molar-refractivity contribution >= 4 is 17.5 Å². The maximum absolute atomic E-state index is 12.6. The third-order valence-electron chi connectivity index (χ3n) is 5.10. The second kappa shape index (κ2) is 7.24. The second-order valence-electron chi connectivity index (χ2n) is 6.81. The van der Waals surface area contributed by atoms with Gasteiger partial charge in [0, 0.05) is 24.7 Å². The van der Waals surface area contributed by atoms with Crippen molar-refractivity contribution in [3.8, 4) is 5.75 Å². The van der Waals surface area contributed by atoms with Gasteiger partial charge >= 0.3 is 0 Å². The summed E-state index contributed by atoms with van der Waals surface area (Å²) in [5.41, 5.74) is 1.72. The highest BCUT2D eigenvalue weighted by atomic mass is 16.5. The number of nitrogens with one attached hydrogen (secondary N) is 1. The molecule has 24 heavy (non-hydrogen) atoms. The predicted molar refractivity (Wildman–Crippen MR) is 93.1 cm³/mol. The van der Waals surface area contributed by atoms with Gasteiger partial charge in [-0.25, -0.2) is 0 Å². The van der Waals surface area contributed by atoms with Crippen molar-refractivity contribution in [1.82, 2.24) is 4.90 Å². The van der Waals surface area contributed by atoms with E-state index in [1.807, 2.05) is 25.1 Å². The summed E-state index contributed by atoms with van der Waals surface area (Å²) in [6.45, 7) is 4.15. The van der Waals surface area contributed by atoms with Crippen molar-refractivity contribution in [2.24, 2.45) is 0 Å². The smallest absolute Gasteiger partial charge is 0.247 e. The van der Waals surface area contributed by atoms with Gasteiger partial charge in [0.2, 0.25) is 11.8 Å². The largest absolute Gasteiger partial charge is 0.490 e. The van der Waals surface area contributed by atoms with Crippen molar-refractivity contribution in [2.45, 2.75) is 64.5 Å². The molecule has 5 heteroatoms. The molecule has 1 atom stereocenters. The highest BCUT2D eigenvalue weighted by molar-refractivity contribution is 5.98. The van der Waals surface area contributed by atoms with E-state index in [1.54, 1.807) is 4.90 Å². The number of carbonyl (C=O) groups is 2. The quantitative estimate of drug-likeness (QED) is 0.922. The minimum absolute atomic E-state index is 0.0392. The van der Waals surface area contributed by atoms with Crippen LogP contribution in [0.3, 0.4) is 0 Å². The fourth-order valence-corrected chi connectivity index (χ4v) is 3.70. The van der Waals surface area contributed by atoms with Crippen LogP contribution in [0.15, 0.2) is 18.2 Å². The summed E-state index contributed by atoms with van der Waals surface area (Å²) in [7, 11) is 0. The molecule has 1 heterocycles. The van der Waals surface area contributed by atoms with Gasteiger partial charge < -0.3 is 15.0 Å². The number of nitrogens with zero attached hydrogens (tertiary/aromatic N) is 1. The standard InChI is InChI=1S/C19H26N2O3/c1-13-16(9-5-11-18(13)24-15-7-3-4-8-15)20-19(23)17-10-6-12-21(17)14(2)22/h5,9,11,15,17H,3-4,6-8,10,12H2,1-2H3,(H,20,23)/t17-/m0/s1. The Labute approximate surface area is 143 Å². The molecule has 2 amide bonds. The minimum atomic E-state index is -0.360. The van der Waals surface area contributed by atoms with Crippen LogP contribution in [0.5, 0.6) is 5.75 Å². The van der Waals surface area contributed by atoms with E-state index in [1.165, 1.54) is 19.8 Å².